The van der Waals surface area contributed by atoms with Gasteiger partial charge >= 0.3 is 0 Å². The van der Waals surface area contributed by atoms with Gasteiger partial charge in [-0.1, -0.05) is 23.8 Å². The second-order valence-electron chi connectivity index (χ2n) is 6.11. The minimum Gasteiger partial charge on any atom is -0.508 e. The maximum atomic E-state index is 12.5. The van der Waals surface area contributed by atoms with E-state index in [1.807, 2.05) is 31.2 Å². The number of rotatable bonds is 2. The van der Waals surface area contributed by atoms with E-state index >= 15 is 0 Å². The van der Waals surface area contributed by atoms with E-state index < -0.39 is 0 Å². The van der Waals surface area contributed by atoms with Crippen LogP contribution in [0.15, 0.2) is 42.5 Å². The van der Waals surface area contributed by atoms with Crippen LogP contribution in [0.4, 0.5) is 5.69 Å². The second kappa shape index (κ2) is 6.35. The third-order valence-electron chi connectivity index (χ3n) is 4.31. The fourth-order valence-electron chi connectivity index (χ4n) is 2.77. The highest BCUT2D eigenvalue weighted by atomic mass is 16.3. The van der Waals surface area contributed by atoms with Gasteiger partial charge in [0.05, 0.1) is 0 Å². The standard InChI is InChI=1S/C19H20N2O3/c1-13-3-7-16(8-4-13)21-10-9-20(12-18(21)23)19(24)15-6-5-14(2)17(22)11-15/h3-8,11,22H,9-10,12H2,1-2H3. The van der Waals surface area contributed by atoms with Crippen molar-refractivity contribution in [3.8, 4) is 5.75 Å². The molecule has 2 aromatic carbocycles. The smallest absolute Gasteiger partial charge is 0.254 e. The molecule has 5 nitrogen and oxygen atoms in total. The third-order valence-corrected chi connectivity index (χ3v) is 4.31. The van der Waals surface area contributed by atoms with E-state index in [1.54, 1.807) is 24.0 Å². The molecule has 0 bridgehead atoms. The van der Waals surface area contributed by atoms with Crippen LogP contribution in [0.2, 0.25) is 0 Å². The largest absolute Gasteiger partial charge is 0.508 e. The molecule has 2 amide bonds. The van der Waals surface area contributed by atoms with E-state index in [1.165, 1.54) is 11.0 Å². The lowest BCUT2D eigenvalue weighted by molar-refractivity contribution is -0.120. The van der Waals surface area contributed by atoms with Crippen LogP contribution < -0.4 is 4.90 Å². The molecule has 0 spiro atoms. The lowest BCUT2D eigenvalue weighted by atomic mass is 10.1. The van der Waals surface area contributed by atoms with Gasteiger partial charge in [0, 0.05) is 24.3 Å². The van der Waals surface area contributed by atoms with Crippen LogP contribution in [0, 0.1) is 13.8 Å². The average molecular weight is 324 g/mol. The first-order valence-electron chi connectivity index (χ1n) is 7.91. The Bertz CT molecular complexity index is 784. The molecule has 5 heteroatoms. The number of piperazine rings is 1. The maximum Gasteiger partial charge on any atom is 0.254 e. The Kier molecular flexibility index (Phi) is 4.25. The molecule has 0 saturated carbocycles. The fourth-order valence-corrected chi connectivity index (χ4v) is 2.77. The second-order valence-corrected chi connectivity index (χ2v) is 6.11. The highest BCUT2D eigenvalue weighted by molar-refractivity contribution is 6.01. The Morgan fingerprint density at radius 2 is 1.75 bits per heavy atom. The SMILES string of the molecule is Cc1ccc(N2CCN(C(=O)c3ccc(C)c(O)c3)CC2=O)cc1. The molecule has 0 radical (unpaired) electrons. The number of anilines is 1. The molecular weight excluding hydrogens is 304 g/mol. The minimum atomic E-state index is -0.234. The van der Waals surface area contributed by atoms with Crippen molar-refractivity contribution in [2.24, 2.45) is 0 Å². The number of nitrogens with zero attached hydrogens (tertiary/aromatic N) is 2. The van der Waals surface area contributed by atoms with Gasteiger partial charge in [-0.3, -0.25) is 9.59 Å². The van der Waals surface area contributed by atoms with E-state index in [0.717, 1.165) is 11.3 Å². The number of aryl methyl sites for hydroxylation is 2. The lowest BCUT2D eigenvalue weighted by Crippen LogP contribution is -2.52. The van der Waals surface area contributed by atoms with Gasteiger partial charge < -0.3 is 14.9 Å². The molecule has 24 heavy (non-hydrogen) atoms. The molecule has 2 aromatic rings. The first-order chi connectivity index (χ1) is 11.5. The van der Waals surface area contributed by atoms with Crippen molar-refractivity contribution in [3.05, 3.63) is 59.2 Å². The van der Waals surface area contributed by atoms with Gasteiger partial charge in [0.25, 0.3) is 5.91 Å². The number of amides is 2. The molecule has 1 aliphatic heterocycles. The van der Waals surface area contributed by atoms with Crippen LogP contribution in [0.5, 0.6) is 5.75 Å². The number of phenols is 1. The predicted molar refractivity (Wildman–Crippen MR) is 92.3 cm³/mol. The van der Waals surface area contributed by atoms with Crippen LogP contribution in [0.3, 0.4) is 0 Å². The molecule has 0 unspecified atom stereocenters. The molecule has 124 valence electrons. The number of benzene rings is 2. The van der Waals surface area contributed by atoms with E-state index in [-0.39, 0.29) is 24.1 Å². The zero-order valence-corrected chi connectivity index (χ0v) is 13.8. The summed E-state index contributed by atoms with van der Waals surface area (Å²) in [7, 11) is 0. The van der Waals surface area contributed by atoms with Gasteiger partial charge in [0.15, 0.2) is 0 Å². The summed E-state index contributed by atoms with van der Waals surface area (Å²) in [6.07, 6.45) is 0. The molecule has 1 saturated heterocycles. The molecule has 0 aromatic heterocycles. The maximum absolute atomic E-state index is 12.5. The van der Waals surface area contributed by atoms with Crippen molar-refractivity contribution < 1.29 is 14.7 Å². The van der Waals surface area contributed by atoms with Gasteiger partial charge in [0.2, 0.25) is 5.91 Å². The number of phenolic OH excluding ortho intramolecular Hbond substituents is 1. The van der Waals surface area contributed by atoms with Crippen LogP contribution in [-0.4, -0.2) is 41.5 Å². The summed E-state index contributed by atoms with van der Waals surface area (Å²) >= 11 is 0. The van der Waals surface area contributed by atoms with Crippen molar-refractivity contribution in [2.75, 3.05) is 24.5 Å². The van der Waals surface area contributed by atoms with Crippen molar-refractivity contribution in [1.29, 1.82) is 0 Å². The Morgan fingerprint density at radius 3 is 2.38 bits per heavy atom. The lowest BCUT2D eigenvalue weighted by Gasteiger charge is -2.34. The summed E-state index contributed by atoms with van der Waals surface area (Å²) in [6, 6.07) is 12.6. The number of carbonyl (C=O) groups excluding carboxylic acids is 2. The van der Waals surface area contributed by atoms with Crippen LogP contribution >= 0.6 is 0 Å². The van der Waals surface area contributed by atoms with E-state index in [4.69, 9.17) is 0 Å². The molecule has 3 rings (SSSR count). The van der Waals surface area contributed by atoms with Gasteiger partial charge in [-0.05, 0) is 43.7 Å². The third kappa shape index (κ3) is 3.11. The molecule has 0 aliphatic carbocycles. The van der Waals surface area contributed by atoms with Gasteiger partial charge in [-0.15, -0.1) is 0 Å². The highest BCUT2D eigenvalue weighted by Gasteiger charge is 2.28. The summed E-state index contributed by atoms with van der Waals surface area (Å²) in [5.74, 6) is -0.248. The first-order valence-corrected chi connectivity index (χ1v) is 7.91. The Balaban J connectivity index is 1.72. The van der Waals surface area contributed by atoms with Gasteiger partial charge in [-0.2, -0.15) is 0 Å². The molecule has 1 fully saturated rings. The van der Waals surface area contributed by atoms with Crippen molar-refractivity contribution in [2.45, 2.75) is 13.8 Å². The van der Waals surface area contributed by atoms with Crippen LogP contribution in [-0.2, 0) is 4.79 Å². The average Bonchev–Trinajstić information content (AvgIpc) is 2.57. The Labute approximate surface area is 141 Å². The molecule has 1 N–H and O–H groups in total. The van der Waals surface area contributed by atoms with Gasteiger partial charge in [-0.25, -0.2) is 0 Å². The number of hydrogen-bond donors (Lipinski definition) is 1. The summed E-state index contributed by atoms with van der Waals surface area (Å²) in [5, 5.41) is 9.77. The predicted octanol–water partition coefficient (Wildman–Crippen LogP) is 2.50. The zero-order valence-electron chi connectivity index (χ0n) is 13.8. The van der Waals surface area contributed by atoms with E-state index in [9.17, 15) is 14.7 Å². The number of carbonyl (C=O) groups is 2. The normalized spacial score (nSPS) is 14.8. The van der Waals surface area contributed by atoms with Crippen molar-refractivity contribution >= 4 is 17.5 Å². The number of hydrogen-bond acceptors (Lipinski definition) is 3. The van der Waals surface area contributed by atoms with Crippen LogP contribution in [0.1, 0.15) is 21.5 Å². The molecule has 1 heterocycles. The first kappa shape index (κ1) is 16.1. The van der Waals surface area contributed by atoms with Crippen LogP contribution in [0.25, 0.3) is 0 Å². The van der Waals surface area contributed by atoms with E-state index in [0.29, 0.717) is 24.2 Å². The number of aromatic hydroxyl groups is 1. The summed E-state index contributed by atoms with van der Waals surface area (Å²) in [4.78, 5) is 28.2. The van der Waals surface area contributed by atoms with Crippen molar-refractivity contribution in [3.63, 3.8) is 0 Å². The molecular formula is C19H20N2O3. The topological polar surface area (TPSA) is 60.9 Å². The zero-order chi connectivity index (χ0) is 17.3. The fraction of sp³-hybridized carbons (Fsp3) is 0.263. The molecule has 1 aliphatic rings. The van der Waals surface area contributed by atoms with E-state index in [2.05, 4.69) is 0 Å². The van der Waals surface area contributed by atoms with Gasteiger partial charge in [0.1, 0.15) is 12.3 Å². The Morgan fingerprint density at radius 1 is 1.04 bits per heavy atom. The van der Waals surface area contributed by atoms with Crippen molar-refractivity contribution in [1.82, 2.24) is 4.90 Å². The minimum absolute atomic E-state index is 0.0430. The highest BCUT2D eigenvalue weighted by Crippen LogP contribution is 2.21. The Hall–Kier alpha value is -2.82. The summed E-state index contributed by atoms with van der Waals surface area (Å²) in [6.45, 7) is 4.74. The quantitative estimate of drug-likeness (QED) is 0.923. The molecule has 0 atom stereocenters. The summed E-state index contributed by atoms with van der Waals surface area (Å²) < 4.78 is 0. The summed E-state index contributed by atoms with van der Waals surface area (Å²) in [5.41, 5.74) is 3.10. The monoisotopic (exact) mass is 324 g/mol.